The van der Waals surface area contributed by atoms with E-state index in [9.17, 15) is 9.59 Å². The van der Waals surface area contributed by atoms with Gasteiger partial charge < -0.3 is 18.9 Å². The number of benzene rings is 1. The van der Waals surface area contributed by atoms with E-state index in [2.05, 4.69) is 26.8 Å². The summed E-state index contributed by atoms with van der Waals surface area (Å²) in [4.78, 5) is 25.8. The van der Waals surface area contributed by atoms with Crippen molar-refractivity contribution in [3.05, 3.63) is 40.5 Å². The van der Waals surface area contributed by atoms with Crippen LogP contribution < -0.4 is 9.47 Å². The zero-order chi connectivity index (χ0) is 25.1. The van der Waals surface area contributed by atoms with Crippen LogP contribution in [0.25, 0.3) is 5.57 Å². The number of hydrogen-bond donors (Lipinski definition) is 0. The lowest BCUT2D eigenvalue weighted by atomic mass is 9.75. The predicted octanol–water partition coefficient (Wildman–Crippen LogP) is 5.46. The first-order valence-electron chi connectivity index (χ1n) is 12.9. The minimum absolute atomic E-state index is 0.134. The standard InChI is InChI=1S/C29H38O6/c1-6-33-29(31)21-15-23-27(20(19-8-9-19)10-11-24(21)30)22-14-18(4)25(34-13-7-12-32-5)16-26(22)35-28(23)17(2)3/h14-17,19-20,28H,6-13H2,1-5H3/b21-15+. The molecule has 1 saturated carbocycles. The first kappa shape index (κ1) is 25.5. The van der Waals surface area contributed by atoms with Gasteiger partial charge in [-0.05, 0) is 79.7 Å². The molecule has 1 heterocycles. The molecule has 0 bridgehead atoms. The fourth-order valence-corrected chi connectivity index (χ4v) is 5.25. The summed E-state index contributed by atoms with van der Waals surface area (Å²) in [5.74, 6) is 1.94. The summed E-state index contributed by atoms with van der Waals surface area (Å²) in [5.41, 5.74) is 4.43. The number of aryl methyl sites for hydroxylation is 1. The normalized spacial score (nSPS) is 23.5. The Balaban J connectivity index is 1.85. The topological polar surface area (TPSA) is 71.1 Å². The monoisotopic (exact) mass is 482 g/mol. The molecule has 1 aliphatic heterocycles. The smallest absolute Gasteiger partial charge is 0.341 e. The van der Waals surface area contributed by atoms with E-state index in [4.69, 9.17) is 18.9 Å². The van der Waals surface area contributed by atoms with Gasteiger partial charge in [-0.15, -0.1) is 0 Å². The molecule has 190 valence electrons. The lowest BCUT2D eigenvalue weighted by Gasteiger charge is -2.37. The first-order valence-corrected chi connectivity index (χ1v) is 12.9. The van der Waals surface area contributed by atoms with Crippen LogP contribution in [0.4, 0.5) is 0 Å². The van der Waals surface area contributed by atoms with Crippen molar-refractivity contribution in [3.8, 4) is 11.5 Å². The molecule has 0 spiro atoms. The third-order valence-corrected chi connectivity index (χ3v) is 7.13. The average Bonchev–Trinajstić information content (AvgIpc) is 3.65. The molecule has 1 fully saturated rings. The van der Waals surface area contributed by atoms with Crippen molar-refractivity contribution in [1.29, 1.82) is 0 Å². The second kappa shape index (κ2) is 11.0. The molecule has 0 N–H and O–H groups in total. The van der Waals surface area contributed by atoms with E-state index in [-0.39, 0.29) is 35.9 Å². The summed E-state index contributed by atoms with van der Waals surface area (Å²) >= 11 is 0. The molecule has 0 saturated heterocycles. The van der Waals surface area contributed by atoms with Crippen LogP contribution in [0.3, 0.4) is 0 Å². The van der Waals surface area contributed by atoms with Gasteiger partial charge >= 0.3 is 5.97 Å². The van der Waals surface area contributed by atoms with E-state index >= 15 is 0 Å². The molecule has 2 aliphatic carbocycles. The van der Waals surface area contributed by atoms with Gasteiger partial charge in [0.2, 0.25) is 0 Å². The fraction of sp³-hybridized carbons (Fsp3) is 0.586. The van der Waals surface area contributed by atoms with Crippen molar-refractivity contribution < 1.29 is 28.5 Å². The molecule has 6 heteroatoms. The van der Waals surface area contributed by atoms with E-state index in [1.54, 1.807) is 20.1 Å². The highest BCUT2D eigenvalue weighted by Crippen LogP contribution is 2.53. The number of allylic oxidation sites excluding steroid dienone is 1. The van der Waals surface area contributed by atoms with Crippen LogP contribution in [0.1, 0.15) is 64.0 Å². The van der Waals surface area contributed by atoms with Crippen molar-refractivity contribution in [1.82, 2.24) is 0 Å². The summed E-state index contributed by atoms with van der Waals surface area (Å²) in [6, 6.07) is 4.17. The Bertz CT molecular complexity index is 1030. The van der Waals surface area contributed by atoms with Gasteiger partial charge in [-0.25, -0.2) is 4.79 Å². The Kier molecular flexibility index (Phi) is 8.00. The van der Waals surface area contributed by atoms with Crippen LogP contribution in [-0.2, 0) is 19.1 Å². The Morgan fingerprint density at radius 3 is 2.60 bits per heavy atom. The molecule has 0 aromatic heterocycles. The summed E-state index contributed by atoms with van der Waals surface area (Å²) in [6.07, 6.45) is 5.76. The van der Waals surface area contributed by atoms with Crippen molar-refractivity contribution in [2.45, 2.75) is 65.9 Å². The van der Waals surface area contributed by atoms with Crippen LogP contribution in [0, 0.1) is 24.7 Å². The van der Waals surface area contributed by atoms with E-state index in [0.717, 1.165) is 41.0 Å². The maximum atomic E-state index is 13.1. The zero-order valence-corrected chi connectivity index (χ0v) is 21.6. The Morgan fingerprint density at radius 1 is 1.17 bits per heavy atom. The van der Waals surface area contributed by atoms with Gasteiger partial charge in [0.15, 0.2) is 5.78 Å². The average molecular weight is 483 g/mol. The molecule has 6 nitrogen and oxygen atoms in total. The van der Waals surface area contributed by atoms with Crippen LogP contribution >= 0.6 is 0 Å². The lowest BCUT2D eigenvalue weighted by Crippen LogP contribution is -2.33. The largest absolute Gasteiger partial charge is 0.493 e. The maximum absolute atomic E-state index is 13.1. The summed E-state index contributed by atoms with van der Waals surface area (Å²) in [7, 11) is 1.69. The SMILES string of the molecule is CCOC(=O)/C1=C/C2=C(c3cc(C)c(OCCCOC)cc3OC2C(C)C)C(C2CC2)CCC1=O. The highest BCUT2D eigenvalue weighted by Gasteiger charge is 2.42. The fourth-order valence-electron chi connectivity index (χ4n) is 5.25. The van der Waals surface area contributed by atoms with Crippen molar-refractivity contribution in [2.75, 3.05) is 26.9 Å². The van der Waals surface area contributed by atoms with Gasteiger partial charge in [0.05, 0.1) is 13.2 Å². The van der Waals surface area contributed by atoms with E-state index in [1.165, 1.54) is 18.4 Å². The minimum atomic E-state index is -0.543. The molecule has 1 aromatic carbocycles. The summed E-state index contributed by atoms with van der Waals surface area (Å²) in [6.45, 7) is 9.51. The molecule has 0 radical (unpaired) electrons. The molecular formula is C29H38O6. The quantitative estimate of drug-likeness (QED) is 0.264. The van der Waals surface area contributed by atoms with Gasteiger partial charge in [-0.1, -0.05) is 13.8 Å². The van der Waals surface area contributed by atoms with Gasteiger partial charge in [-0.2, -0.15) is 0 Å². The number of ketones is 1. The zero-order valence-electron chi connectivity index (χ0n) is 21.6. The molecular weight excluding hydrogens is 444 g/mol. The number of esters is 1. The Labute approximate surface area is 208 Å². The number of carbonyl (C=O) groups is 2. The molecule has 3 aliphatic rings. The third kappa shape index (κ3) is 5.48. The lowest BCUT2D eigenvalue weighted by molar-refractivity contribution is -0.140. The van der Waals surface area contributed by atoms with Crippen molar-refractivity contribution >= 4 is 17.3 Å². The number of ether oxygens (including phenoxy) is 4. The van der Waals surface area contributed by atoms with Crippen LogP contribution in [0.15, 0.2) is 29.4 Å². The predicted molar refractivity (Wildman–Crippen MR) is 135 cm³/mol. The number of hydrogen-bond acceptors (Lipinski definition) is 6. The number of Topliss-reactive ketones (excluding diaryl/α,β-unsaturated/α-hetero) is 1. The molecule has 2 atom stereocenters. The molecule has 2 unspecified atom stereocenters. The minimum Gasteiger partial charge on any atom is -0.493 e. The van der Waals surface area contributed by atoms with Gasteiger partial charge in [0, 0.05) is 38.2 Å². The van der Waals surface area contributed by atoms with E-state index < -0.39 is 5.97 Å². The second-order valence-electron chi connectivity index (χ2n) is 10.1. The van der Waals surface area contributed by atoms with Gasteiger partial charge in [-0.3, -0.25) is 4.79 Å². The number of fused-ring (bicyclic) bond motifs is 2. The number of rotatable bonds is 9. The van der Waals surface area contributed by atoms with E-state index in [0.29, 0.717) is 25.6 Å². The first-order chi connectivity index (χ1) is 16.8. The Hall–Kier alpha value is -2.60. The molecule has 35 heavy (non-hydrogen) atoms. The highest BCUT2D eigenvalue weighted by atomic mass is 16.5. The van der Waals surface area contributed by atoms with Crippen molar-refractivity contribution in [3.63, 3.8) is 0 Å². The van der Waals surface area contributed by atoms with Gasteiger partial charge in [0.25, 0.3) is 0 Å². The Morgan fingerprint density at radius 2 is 1.94 bits per heavy atom. The number of carbonyl (C=O) groups excluding carboxylic acids is 2. The molecule has 1 aromatic rings. The summed E-state index contributed by atoms with van der Waals surface area (Å²) in [5, 5.41) is 0. The van der Waals surface area contributed by atoms with E-state index in [1.807, 2.05) is 6.07 Å². The highest BCUT2D eigenvalue weighted by molar-refractivity contribution is 6.18. The molecule has 4 rings (SSSR count). The van der Waals surface area contributed by atoms with Crippen LogP contribution in [0.2, 0.25) is 0 Å². The summed E-state index contributed by atoms with van der Waals surface area (Å²) < 4.78 is 23.0. The second-order valence-corrected chi connectivity index (χ2v) is 10.1. The van der Waals surface area contributed by atoms with Gasteiger partial charge in [0.1, 0.15) is 23.2 Å². The molecule has 0 amide bonds. The number of methoxy groups -OCH3 is 1. The van der Waals surface area contributed by atoms with Crippen molar-refractivity contribution in [2.24, 2.45) is 17.8 Å². The van der Waals surface area contributed by atoms with Crippen LogP contribution in [0.5, 0.6) is 11.5 Å². The van der Waals surface area contributed by atoms with Crippen LogP contribution in [-0.4, -0.2) is 44.8 Å². The third-order valence-electron chi connectivity index (χ3n) is 7.13. The maximum Gasteiger partial charge on any atom is 0.341 e.